The van der Waals surface area contributed by atoms with E-state index in [1.807, 2.05) is 24.3 Å². The number of carbonyl (C=O) groups is 4. The van der Waals surface area contributed by atoms with Gasteiger partial charge in [-0.2, -0.15) is 5.26 Å². The van der Waals surface area contributed by atoms with Gasteiger partial charge in [0, 0.05) is 12.0 Å². The van der Waals surface area contributed by atoms with Crippen molar-refractivity contribution in [2.75, 3.05) is 13.1 Å². The highest BCUT2D eigenvalue weighted by molar-refractivity contribution is 6.07. The first-order chi connectivity index (χ1) is 19.4. The van der Waals surface area contributed by atoms with Gasteiger partial charge in [-0.05, 0) is 11.1 Å². The predicted octanol–water partition coefficient (Wildman–Crippen LogP) is 2.82. The number of ketones is 1. The number of benzene rings is 3. The number of alkyl carbamates (subject to hydrolysis) is 1. The fraction of sp³-hybridized carbons (Fsp3) is 0.167. The molecular weight excluding hydrogens is 512 g/mol. The second kappa shape index (κ2) is 15.1. The molecule has 3 aromatic rings. The zero-order valence-corrected chi connectivity index (χ0v) is 21.5. The average molecular weight is 541 g/mol. The molecule has 3 amide bonds. The predicted molar refractivity (Wildman–Crippen MR) is 146 cm³/mol. The van der Waals surface area contributed by atoms with Crippen molar-refractivity contribution < 1.29 is 29.0 Å². The number of amides is 3. The second-order valence-corrected chi connectivity index (χ2v) is 8.57. The molecule has 0 radical (unpaired) electrons. The summed E-state index contributed by atoms with van der Waals surface area (Å²) in [4.78, 5) is 50.0. The van der Waals surface area contributed by atoms with Gasteiger partial charge in [0.1, 0.15) is 30.1 Å². The summed E-state index contributed by atoms with van der Waals surface area (Å²) >= 11 is 0. The number of nitrogens with one attached hydrogen (secondary N) is 3. The molecule has 3 rings (SSSR count). The van der Waals surface area contributed by atoms with Crippen LogP contribution in [0, 0.1) is 11.3 Å². The van der Waals surface area contributed by atoms with Crippen molar-refractivity contribution in [2.24, 2.45) is 0 Å². The molecule has 0 heterocycles. The summed E-state index contributed by atoms with van der Waals surface area (Å²) in [6.07, 6.45) is -0.661. The van der Waals surface area contributed by atoms with Crippen molar-refractivity contribution in [3.8, 4) is 6.07 Å². The Bertz CT molecular complexity index is 1390. The maximum atomic E-state index is 12.9. The Morgan fingerprint density at radius 1 is 0.800 bits per heavy atom. The number of hydrogen-bond donors (Lipinski definition) is 4. The van der Waals surface area contributed by atoms with Crippen molar-refractivity contribution in [3.63, 3.8) is 0 Å². The summed E-state index contributed by atoms with van der Waals surface area (Å²) in [6.45, 7) is -1.04. The molecule has 0 aliphatic carbocycles. The molecule has 10 nitrogen and oxygen atoms in total. The lowest BCUT2D eigenvalue weighted by Crippen LogP contribution is -2.50. The van der Waals surface area contributed by atoms with Gasteiger partial charge in [-0.3, -0.25) is 14.4 Å². The fourth-order valence-corrected chi connectivity index (χ4v) is 3.57. The van der Waals surface area contributed by atoms with Gasteiger partial charge in [-0.1, -0.05) is 91.0 Å². The van der Waals surface area contributed by atoms with E-state index in [1.54, 1.807) is 60.7 Å². The van der Waals surface area contributed by atoms with E-state index in [4.69, 9.17) is 4.74 Å². The number of rotatable bonds is 12. The SMILES string of the molecule is N#C/C(C(=O)CNC(=O)CNC(=O)[C@H](Cc1ccccc1)NC(=O)OCc1ccccc1)=C(/O)c1ccccc1. The second-order valence-electron chi connectivity index (χ2n) is 8.57. The van der Waals surface area contributed by atoms with Gasteiger partial charge in [-0.25, -0.2) is 4.79 Å². The van der Waals surface area contributed by atoms with Crippen molar-refractivity contribution in [2.45, 2.75) is 19.1 Å². The summed E-state index contributed by atoms with van der Waals surface area (Å²) in [5.41, 5.74) is 1.33. The van der Waals surface area contributed by atoms with Gasteiger partial charge in [-0.15, -0.1) is 0 Å². The van der Waals surface area contributed by atoms with E-state index in [2.05, 4.69) is 16.0 Å². The molecule has 0 fully saturated rings. The standard InChI is InChI=1S/C30H28N4O6/c31-17-24(28(37)23-14-8-3-9-15-23)26(35)18-32-27(36)19-33-29(38)25(16-21-10-4-1-5-11-21)34-30(39)40-20-22-12-6-2-7-13-22/h1-15,25,37H,16,18-20H2,(H,32,36)(H,33,38)(H,34,39)/b28-24-/t25-/m0/s1. The number of aliphatic hydroxyl groups is 1. The highest BCUT2D eigenvalue weighted by Gasteiger charge is 2.23. The topological polar surface area (TPSA) is 158 Å². The van der Waals surface area contributed by atoms with Gasteiger partial charge in [0.25, 0.3) is 0 Å². The molecule has 3 aromatic carbocycles. The number of nitriles is 1. The van der Waals surface area contributed by atoms with E-state index >= 15 is 0 Å². The van der Waals surface area contributed by atoms with Crippen LogP contribution in [0.1, 0.15) is 16.7 Å². The quantitative estimate of drug-likeness (QED) is 0.156. The number of nitrogens with zero attached hydrogens (tertiary/aromatic N) is 1. The Hall–Kier alpha value is -5.43. The molecule has 0 saturated heterocycles. The van der Waals surface area contributed by atoms with E-state index in [0.717, 1.165) is 11.1 Å². The lowest BCUT2D eigenvalue weighted by molar-refractivity contribution is -0.127. The molecule has 40 heavy (non-hydrogen) atoms. The first kappa shape index (κ1) is 29.1. The van der Waals surface area contributed by atoms with Crippen molar-refractivity contribution in [1.82, 2.24) is 16.0 Å². The molecule has 0 aliphatic heterocycles. The number of aliphatic hydroxyl groups excluding tert-OH is 1. The van der Waals surface area contributed by atoms with Gasteiger partial charge in [0.2, 0.25) is 11.8 Å². The Morgan fingerprint density at radius 3 is 1.98 bits per heavy atom. The summed E-state index contributed by atoms with van der Waals surface area (Å²) in [6, 6.07) is 26.7. The molecule has 1 atom stereocenters. The smallest absolute Gasteiger partial charge is 0.408 e. The van der Waals surface area contributed by atoms with Crippen molar-refractivity contribution in [1.29, 1.82) is 5.26 Å². The van der Waals surface area contributed by atoms with Crippen LogP contribution in [0.15, 0.2) is 96.6 Å². The third-order valence-corrected chi connectivity index (χ3v) is 5.65. The van der Waals surface area contributed by atoms with Crippen LogP contribution in [-0.4, -0.2) is 47.9 Å². The maximum Gasteiger partial charge on any atom is 0.408 e. The van der Waals surface area contributed by atoms with E-state index in [9.17, 15) is 29.5 Å². The highest BCUT2D eigenvalue weighted by Crippen LogP contribution is 2.15. The molecule has 10 heteroatoms. The van der Waals surface area contributed by atoms with Gasteiger partial charge in [0.05, 0.1) is 13.1 Å². The third-order valence-electron chi connectivity index (χ3n) is 5.65. The monoisotopic (exact) mass is 540 g/mol. The van der Waals surface area contributed by atoms with Gasteiger partial charge >= 0.3 is 6.09 Å². The fourth-order valence-electron chi connectivity index (χ4n) is 3.57. The van der Waals surface area contributed by atoms with Crippen molar-refractivity contribution >= 4 is 29.5 Å². The lowest BCUT2D eigenvalue weighted by Gasteiger charge is -2.18. The molecule has 4 N–H and O–H groups in total. The molecular formula is C30H28N4O6. The summed E-state index contributed by atoms with van der Waals surface area (Å²) in [7, 11) is 0. The molecule has 0 aromatic heterocycles. The minimum Gasteiger partial charge on any atom is -0.506 e. The van der Waals surface area contributed by atoms with Crippen LogP contribution < -0.4 is 16.0 Å². The van der Waals surface area contributed by atoms with E-state index < -0.39 is 54.2 Å². The normalized spacial score (nSPS) is 11.7. The first-order valence-corrected chi connectivity index (χ1v) is 12.3. The molecule has 0 aliphatic rings. The lowest BCUT2D eigenvalue weighted by atomic mass is 10.1. The van der Waals surface area contributed by atoms with Gasteiger partial charge in [0.15, 0.2) is 5.78 Å². The first-order valence-electron chi connectivity index (χ1n) is 12.3. The summed E-state index contributed by atoms with van der Waals surface area (Å²) in [5, 5.41) is 26.9. The molecule has 0 unspecified atom stereocenters. The molecule has 0 spiro atoms. The maximum absolute atomic E-state index is 12.9. The van der Waals surface area contributed by atoms with E-state index in [-0.39, 0.29) is 18.6 Å². The Balaban J connectivity index is 1.55. The van der Waals surface area contributed by atoms with Crippen molar-refractivity contribution in [3.05, 3.63) is 113 Å². The zero-order chi connectivity index (χ0) is 28.7. The minimum absolute atomic E-state index is 0.0156. The third kappa shape index (κ3) is 9.15. The zero-order valence-electron chi connectivity index (χ0n) is 21.5. The van der Waals surface area contributed by atoms with Crippen LogP contribution in [0.2, 0.25) is 0 Å². The van der Waals surface area contributed by atoms with Crippen LogP contribution in [-0.2, 0) is 32.1 Å². The van der Waals surface area contributed by atoms with Crippen LogP contribution >= 0.6 is 0 Å². The Morgan fingerprint density at radius 2 is 1.38 bits per heavy atom. The summed E-state index contributed by atoms with van der Waals surface area (Å²) < 4.78 is 5.22. The Labute approximate surface area is 231 Å². The van der Waals surface area contributed by atoms with E-state index in [1.165, 1.54) is 12.1 Å². The molecule has 0 saturated carbocycles. The van der Waals surface area contributed by atoms with Crippen LogP contribution in [0.5, 0.6) is 0 Å². The highest BCUT2D eigenvalue weighted by atomic mass is 16.5. The van der Waals surface area contributed by atoms with Crippen LogP contribution in [0.25, 0.3) is 5.76 Å². The van der Waals surface area contributed by atoms with Crippen LogP contribution in [0.3, 0.4) is 0 Å². The average Bonchev–Trinajstić information content (AvgIpc) is 2.99. The van der Waals surface area contributed by atoms with Crippen LogP contribution in [0.4, 0.5) is 4.79 Å². The molecule has 204 valence electrons. The molecule has 0 bridgehead atoms. The Kier molecular flexibility index (Phi) is 11.0. The van der Waals surface area contributed by atoms with Gasteiger partial charge < -0.3 is 25.8 Å². The number of ether oxygens (including phenoxy) is 1. The minimum atomic E-state index is -1.05. The number of Topliss-reactive ketones (excluding diaryl/α,β-unsaturated/α-hetero) is 1. The summed E-state index contributed by atoms with van der Waals surface area (Å²) in [5.74, 6) is -2.64. The number of carbonyl (C=O) groups excluding carboxylic acids is 4. The largest absolute Gasteiger partial charge is 0.506 e. The van der Waals surface area contributed by atoms with E-state index in [0.29, 0.717) is 0 Å². The number of hydrogen-bond acceptors (Lipinski definition) is 7.